The van der Waals surface area contributed by atoms with Gasteiger partial charge in [0.2, 0.25) is 17.7 Å². The van der Waals surface area contributed by atoms with Crippen molar-refractivity contribution < 1.29 is 32.3 Å². The van der Waals surface area contributed by atoms with Gasteiger partial charge in [-0.1, -0.05) is 24.6 Å². The molecule has 1 saturated carbocycles. The van der Waals surface area contributed by atoms with Crippen LogP contribution in [0.1, 0.15) is 63.0 Å². The molecule has 2 heterocycles. The first kappa shape index (κ1) is 24.7. The van der Waals surface area contributed by atoms with Crippen LogP contribution in [0.3, 0.4) is 0 Å². The molecule has 3 aliphatic rings. The molecular formula is C25H31F3N2O4. The molecule has 1 aromatic rings. The number of imide groups is 1. The second kappa shape index (κ2) is 9.68. The minimum Gasteiger partial charge on any atom is -0.376 e. The van der Waals surface area contributed by atoms with Crippen molar-refractivity contribution >= 4 is 17.7 Å². The highest BCUT2D eigenvalue weighted by molar-refractivity contribution is 6.10. The number of amides is 3. The summed E-state index contributed by atoms with van der Waals surface area (Å²) in [5, 5.41) is 0. The van der Waals surface area contributed by atoms with Crippen LogP contribution in [-0.2, 0) is 30.7 Å². The Hall–Kier alpha value is -2.42. The average Bonchev–Trinajstić information content (AvgIpc) is 3.35. The highest BCUT2D eigenvalue weighted by atomic mass is 19.4. The third-order valence-corrected chi connectivity index (χ3v) is 7.42. The normalized spacial score (nSPS) is 25.6. The number of carbonyl (C=O) groups excluding carboxylic acids is 3. The molecule has 0 N–H and O–H groups in total. The molecule has 2 saturated heterocycles. The average molecular weight is 481 g/mol. The van der Waals surface area contributed by atoms with Crippen molar-refractivity contribution in [3.63, 3.8) is 0 Å². The monoisotopic (exact) mass is 480 g/mol. The number of likely N-dealkylation sites (N-methyl/N-ethyl adjacent to an activating group) is 1. The lowest BCUT2D eigenvalue weighted by atomic mass is 9.75. The second-order valence-electron chi connectivity index (χ2n) is 9.69. The summed E-state index contributed by atoms with van der Waals surface area (Å²) in [6.45, 7) is 3.32. The third kappa shape index (κ3) is 4.85. The van der Waals surface area contributed by atoms with E-state index in [-0.39, 0.29) is 37.0 Å². The SMILES string of the molecule is CCN1C(=O)C[C@](CC(=O)N(CC2CCC2)C[C@H]2CCCO2)(c2cccc(C(F)(F)F)c2)C1=O. The van der Waals surface area contributed by atoms with Crippen LogP contribution < -0.4 is 0 Å². The van der Waals surface area contributed by atoms with Gasteiger partial charge in [-0.25, -0.2) is 0 Å². The molecule has 0 aromatic heterocycles. The van der Waals surface area contributed by atoms with Crippen molar-refractivity contribution in [2.75, 3.05) is 26.2 Å². The molecule has 4 rings (SSSR count). The number of alkyl halides is 3. The van der Waals surface area contributed by atoms with Gasteiger partial charge < -0.3 is 9.64 Å². The second-order valence-corrected chi connectivity index (χ2v) is 9.69. The summed E-state index contributed by atoms with van der Waals surface area (Å²) in [6, 6.07) is 4.49. The van der Waals surface area contributed by atoms with Gasteiger partial charge in [0.25, 0.3) is 0 Å². The molecule has 6 nitrogen and oxygen atoms in total. The number of hydrogen-bond acceptors (Lipinski definition) is 4. The van der Waals surface area contributed by atoms with Gasteiger partial charge in [0.15, 0.2) is 0 Å². The largest absolute Gasteiger partial charge is 0.416 e. The fourth-order valence-electron chi connectivity index (χ4n) is 5.25. The summed E-state index contributed by atoms with van der Waals surface area (Å²) in [5.74, 6) is -1.02. The summed E-state index contributed by atoms with van der Waals surface area (Å²) in [7, 11) is 0. The molecule has 9 heteroatoms. The Morgan fingerprint density at radius 2 is 1.94 bits per heavy atom. The van der Waals surface area contributed by atoms with E-state index >= 15 is 0 Å². The number of rotatable bonds is 8. The molecule has 3 amide bonds. The van der Waals surface area contributed by atoms with E-state index in [9.17, 15) is 27.6 Å². The van der Waals surface area contributed by atoms with E-state index in [1.54, 1.807) is 11.8 Å². The smallest absolute Gasteiger partial charge is 0.376 e. The van der Waals surface area contributed by atoms with E-state index in [2.05, 4.69) is 0 Å². The molecule has 2 aliphatic heterocycles. The van der Waals surface area contributed by atoms with Crippen molar-refractivity contribution in [3.8, 4) is 0 Å². The zero-order valence-electron chi connectivity index (χ0n) is 19.4. The predicted octanol–water partition coefficient (Wildman–Crippen LogP) is 3.92. The van der Waals surface area contributed by atoms with Crippen LogP contribution in [0.5, 0.6) is 0 Å². The molecule has 0 spiro atoms. The molecule has 1 aliphatic carbocycles. The quantitative estimate of drug-likeness (QED) is 0.529. The first-order chi connectivity index (χ1) is 16.1. The Kier molecular flexibility index (Phi) is 7.03. The maximum atomic E-state index is 13.6. The van der Waals surface area contributed by atoms with Crippen LogP contribution in [-0.4, -0.2) is 59.9 Å². The topological polar surface area (TPSA) is 66.9 Å². The lowest BCUT2D eigenvalue weighted by molar-refractivity contribution is -0.143. The van der Waals surface area contributed by atoms with Crippen molar-refractivity contribution in [3.05, 3.63) is 35.4 Å². The zero-order chi connectivity index (χ0) is 24.5. The van der Waals surface area contributed by atoms with Crippen LogP contribution in [0.25, 0.3) is 0 Å². The molecule has 0 unspecified atom stereocenters. The summed E-state index contributed by atoms with van der Waals surface area (Å²) in [4.78, 5) is 42.5. The van der Waals surface area contributed by atoms with Crippen LogP contribution >= 0.6 is 0 Å². The lowest BCUT2D eigenvalue weighted by Crippen LogP contribution is -2.47. The van der Waals surface area contributed by atoms with E-state index in [4.69, 9.17) is 4.74 Å². The highest BCUT2D eigenvalue weighted by Crippen LogP contribution is 2.42. The highest BCUT2D eigenvalue weighted by Gasteiger charge is 2.54. The number of benzene rings is 1. The summed E-state index contributed by atoms with van der Waals surface area (Å²) in [5.41, 5.74) is -2.48. The Labute approximate surface area is 197 Å². The van der Waals surface area contributed by atoms with E-state index in [0.717, 1.165) is 49.1 Å². The zero-order valence-corrected chi connectivity index (χ0v) is 19.4. The number of halogens is 3. The van der Waals surface area contributed by atoms with Gasteiger partial charge in [0, 0.05) is 39.1 Å². The molecule has 186 valence electrons. The van der Waals surface area contributed by atoms with Gasteiger partial charge in [0.1, 0.15) is 0 Å². The summed E-state index contributed by atoms with van der Waals surface area (Å²) in [6.07, 6.45) is -0.423. The number of likely N-dealkylation sites (tertiary alicyclic amines) is 1. The Bertz CT molecular complexity index is 940. The van der Waals surface area contributed by atoms with Gasteiger partial charge in [-0.2, -0.15) is 13.2 Å². The molecular weight excluding hydrogens is 449 g/mol. The number of nitrogens with zero attached hydrogens (tertiary/aromatic N) is 2. The molecule has 3 fully saturated rings. The van der Waals surface area contributed by atoms with Crippen LogP contribution in [0.2, 0.25) is 0 Å². The molecule has 2 atom stereocenters. The van der Waals surface area contributed by atoms with Crippen molar-refractivity contribution in [1.82, 2.24) is 9.80 Å². The Morgan fingerprint density at radius 3 is 2.50 bits per heavy atom. The molecule has 34 heavy (non-hydrogen) atoms. The first-order valence-corrected chi connectivity index (χ1v) is 12.1. The van der Waals surface area contributed by atoms with Crippen molar-refractivity contribution in [2.45, 2.75) is 69.6 Å². The number of carbonyl (C=O) groups is 3. The summed E-state index contributed by atoms with van der Waals surface area (Å²) >= 11 is 0. The minimum absolute atomic E-state index is 0.0608. The molecule has 0 radical (unpaired) electrons. The lowest BCUT2D eigenvalue weighted by Gasteiger charge is -2.36. The van der Waals surface area contributed by atoms with E-state index in [1.165, 1.54) is 12.1 Å². The number of ether oxygens (including phenoxy) is 1. The maximum absolute atomic E-state index is 13.6. The van der Waals surface area contributed by atoms with E-state index in [1.807, 2.05) is 0 Å². The Morgan fingerprint density at radius 1 is 1.18 bits per heavy atom. The van der Waals surface area contributed by atoms with Gasteiger partial charge in [-0.3, -0.25) is 19.3 Å². The maximum Gasteiger partial charge on any atom is 0.416 e. The van der Waals surface area contributed by atoms with Gasteiger partial charge >= 0.3 is 6.18 Å². The standard InChI is InChI=1S/C25H31F3N2O4/c1-2-30-22(32)14-24(23(30)33,18-8-4-9-19(12-18)25(26,27)28)13-21(31)29(15-17-6-3-7-17)16-20-10-5-11-34-20/h4,8-9,12,17,20H,2-3,5-7,10-11,13-16H2,1H3/t20-,24-/m1/s1. The molecule has 0 bridgehead atoms. The van der Waals surface area contributed by atoms with Gasteiger partial charge in [-0.05, 0) is 50.2 Å². The van der Waals surface area contributed by atoms with Crippen LogP contribution in [0, 0.1) is 5.92 Å². The fourth-order valence-corrected chi connectivity index (χ4v) is 5.25. The minimum atomic E-state index is -4.60. The predicted molar refractivity (Wildman–Crippen MR) is 118 cm³/mol. The third-order valence-electron chi connectivity index (χ3n) is 7.42. The number of hydrogen-bond donors (Lipinski definition) is 0. The summed E-state index contributed by atoms with van der Waals surface area (Å²) < 4.78 is 46.1. The van der Waals surface area contributed by atoms with Crippen LogP contribution in [0.4, 0.5) is 13.2 Å². The van der Waals surface area contributed by atoms with Gasteiger partial charge in [-0.15, -0.1) is 0 Å². The van der Waals surface area contributed by atoms with Crippen molar-refractivity contribution in [1.29, 1.82) is 0 Å². The van der Waals surface area contributed by atoms with E-state index in [0.29, 0.717) is 25.6 Å². The van der Waals surface area contributed by atoms with E-state index < -0.39 is 29.0 Å². The Balaban J connectivity index is 1.67. The first-order valence-electron chi connectivity index (χ1n) is 12.1. The fraction of sp³-hybridized carbons (Fsp3) is 0.640. The van der Waals surface area contributed by atoms with Crippen molar-refractivity contribution in [2.24, 2.45) is 5.92 Å². The van der Waals surface area contributed by atoms with Crippen LogP contribution in [0.15, 0.2) is 24.3 Å². The van der Waals surface area contributed by atoms with Gasteiger partial charge in [0.05, 0.1) is 17.1 Å². The molecule has 1 aromatic carbocycles.